The first-order chi connectivity index (χ1) is 6.21. The van der Waals surface area contributed by atoms with Crippen LogP contribution in [0.3, 0.4) is 0 Å². The van der Waals surface area contributed by atoms with Crippen molar-refractivity contribution in [3.05, 3.63) is 0 Å². The van der Waals surface area contributed by atoms with Crippen molar-refractivity contribution in [3.8, 4) is 0 Å². The molecule has 0 aromatic heterocycles. The van der Waals surface area contributed by atoms with E-state index in [-0.39, 0.29) is 10.1 Å². The van der Waals surface area contributed by atoms with Gasteiger partial charge in [-0.05, 0) is 10.1 Å². The van der Waals surface area contributed by atoms with Crippen LogP contribution in [0, 0.1) is 0 Å². The number of nitrogens with one attached hydrogen (secondary N) is 1. The molecule has 0 fully saturated rings. The van der Waals surface area contributed by atoms with Crippen LogP contribution in [0.5, 0.6) is 0 Å². The molecule has 0 heterocycles. The Morgan fingerprint density at radius 1 is 0.800 bits per heavy atom. The van der Waals surface area contributed by atoms with Crippen molar-refractivity contribution in [1.29, 1.82) is 0 Å². The van der Waals surface area contributed by atoms with E-state index in [1.54, 1.807) is 0 Å². The Hall–Kier alpha value is 0.354. The van der Waals surface area contributed by atoms with E-state index >= 15 is 0 Å². The maximum absolute atomic E-state index is 6.80. The molecule has 0 saturated heterocycles. The molecule has 0 aliphatic rings. The van der Waals surface area contributed by atoms with Crippen LogP contribution in [-0.2, 0) is 0 Å². The van der Waals surface area contributed by atoms with Gasteiger partial charge in [0.15, 0.2) is 0 Å². The molecule has 3 N–H and O–H groups in total. The molecule has 0 rings (SSSR count). The number of rotatable bonds is 2. The van der Waals surface area contributed by atoms with Crippen molar-refractivity contribution in [2.24, 2.45) is 5.40 Å². The minimum absolute atomic E-state index is 0.186. The van der Waals surface area contributed by atoms with Gasteiger partial charge in [-0.15, -0.1) is 0 Å². The highest BCUT2D eigenvalue weighted by atomic mass is 28.4. The van der Waals surface area contributed by atoms with Gasteiger partial charge in [0, 0.05) is 0 Å². The van der Waals surface area contributed by atoms with Gasteiger partial charge in [0.25, 0.3) is 0 Å². The summed E-state index contributed by atoms with van der Waals surface area (Å²) in [5.74, 6) is 0. The molecule has 0 aliphatic heterocycles. The van der Waals surface area contributed by atoms with E-state index in [1.807, 2.05) is 0 Å². The van der Waals surface area contributed by atoms with Crippen molar-refractivity contribution in [2.45, 2.75) is 71.3 Å². The van der Waals surface area contributed by atoms with E-state index in [2.05, 4.69) is 65.8 Å². The van der Waals surface area contributed by atoms with Crippen LogP contribution in [0.2, 0.25) is 29.7 Å². The predicted octanol–water partition coefficient (Wildman–Crippen LogP) is 3.41. The summed E-state index contributed by atoms with van der Waals surface area (Å²) in [6.07, 6.45) is 0. The van der Waals surface area contributed by atoms with Crippen LogP contribution in [0.25, 0.3) is 0 Å². The lowest BCUT2D eigenvalue weighted by Crippen LogP contribution is -2.75. The average Bonchev–Trinajstić information content (AvgIpc) is 1.77. The lowest BCUT2D eigenvalue weighted by atomic mass is 10.2. The van der Waals surface area contributed by atoms with Crippen molar-refractivity contribution in [2.75, 3.05) is 0 Å². The third kappa shape index (κ3) is 3.69. The van der Waals surface area contributed by atoms with Crippen molar-refractivity contribution < 1.29 is 0 Å². The minimum atomic E-state index is -1.98. The molecule has 0 radical (unpaired) electrons. The molecule has 0 aromatic carbocycles. The molecule has 4 heteroatoms. The highest BCUT2D eigenvalue weighted by Gasteiger charge is 2.52. The molecule has 0 amide bonds. The molecular weight excluding hydrogens is 216 g/mol. The molecule has 0 aliphatic carbocycles. The first kappa shape index (κ1) is 15.4. The molecule has 2 nitrogen and oxygen atoms in total. The second kappa shape index (κ2) is 3.98. The number of hydrogen-bond donors (Lipinski definition) is 2. The van der Waals surface area contributed by atoms with Crippen LogP contribution < -0.4 is 10.0 Å². The third-order valence-corrected chi connectivity index (χ3v) is 12.2. The van der Waals surface area contributed by atoms with Gasteiger partial charge in [0.2, 0.25) is 8.40 Å². The lowest BCUT2D eigenvalue weighted by molar-refractivity contribution is 0.596. The molecule has 0 aromatic rings. The first-order valence-electron chi connectivity index (χ1n) is 5.79. The predicted molar refractivity (Wildman–Crippen MR) is 75.9 cm³/mol. The topological polar surface area (TPSA) is 38.0 Å². The number of hydrogen-bond acceptors (Lipinski definition) is 2. The summed E-state index contributed by atoms with van der Waals surface area (Å²) >= 11 is 0. The molecule has 0 bridgehead atoms. The van der Waals surface area contributed by atoms with Gasteiger partial charge in [-0.25, -0.2) is 0 Å². The summed E-state index contributed by atoms with van der Waals surface area (Å²) in [5.41, 5.74) is 0. The number of nitrogens with two attached hydrogens (primary N) is 1. The van der Waals surface area contributed by atoms with Crippen LogP contribution >= 0.6 is 0 Å². The zero-order chi connectivity index (χ0) is 12.7. The molecule has 0 spiro atoms. The Morgan fingerprint density at radius 2 is 1.07 bits per heavy atom. The average molecular weight is 247 g/mol. The Kier molecular flexibility index (Phi) is 4.08. The summed E-state index contributed by atoms with van der Waals surface area (Å²) in [4.78, 5) is 0. The molecule has 92 valence electrons. The Bertz CT molecular complexity index is 204. The molecule has 0 saturated carbocycles. The Balaban J connectivity index is 5.26. The maximum Gasteiger partial charge on any atom is 0.203 e. The fraction of sp³-hybridized carbons (Fsp3) is 1.00. The fourth-order valence-corrected chi connectivity index (χ4v) is 12.1. The van der Waals surface area contributed by atoms with E-state index in [0.717, 1.165) is 0 Å². The normalized spacial score (nSPS) is 15.6. The molecular formula is C11H30N2Si2. The van der Waals surface area contributed by atoms with E-state index in [0.29, 0.717) is 0 Å². The van der Waals surface area contributed by atoms with Gasteiger partial charge in [0.05, 0.1) is 0 Å². The quantitative estimate of drug-likeness (QED) is 0.733. The van der Waals surface area contributed by atoms with Gasteiger partial charge in [-0.1, -0.05) is 61.2 Å². The molecule has 15 heavy (non-hydrogen) atoms. The van der Waals surface area contributed by atoms with Crippen molar-refractivity contribution in [3.63, 3.8) is 0 Å². The largest absolute Gasteiger partial charge is 0.347 e. The summed E-state index contributed by atoms with van der Waals surface area (Å²) in [5, 5.41) is 7.17. The zero-order valence-electron chi connectivity index (χ0n) is 12.1. The van der Waals surface area contributed by atoms with Crippen LogP contribution in [0.15, 0.2) is 0 Å². The van der Waals surface area contributed by atoms with Gasteiger partial charge in [-0.2, -0.15) is 0 Å². The van der Waals surface area contributed by atoms with Crippen molar-refractivity contribution >= 4 is 16.6 Å². The third-order valence-electron chi connectivity index (χ3n) is 2.94. The monoisotopic (exact) mass is 246 g/mol. The highest BCUT2D eigenvalue weighted by Crippen LogP contribution is 2.46. The Labute approximate surface area is 98.3 Å². The fourth-order valence-electron chi connectivity index (χ4n) is 2.09. The summed E-state index contributed by atoms with van der Waals surface area (Å²) in [6, 6.07) is 0. The standard InChI is InChI=1S/C11H30N2Si2/c1-10(2,3)15(12,11(4,5)6)13-14(7,8)9/h13H,12H2,1-9H3. The molecule has 0 atom stereocenters. The minimum Gasteiger partial charge on any atom is -0.347 e. The summed E-state index contributed by atoms with van der Waals surface area (Å²) in [6.45, 7) is 20.6. The van der Waals surface area contributed by atoms with E-state index in [4.69, 9.17) is 5.40 Å². The zero-order valence-corrected chi connectivity index (χ0v) is 14.1. The second-order valence-electron chi connectivity index (χ2n) is 7.68. The van der Waals surface area contributed by atoms with Gasteiger partial charge in [-0.3, -0.25) is 0 Å². The summed E-state index contributed by atoms with van der Waals surface area (Å²) < 4.78 is 3.87. The van der Waals surface area contributed by atoms with Gasteiger partial charge in [0.1, 0.15) is 8.24 Å². The van der Waals surface area contributed by atoms with Gasteiger partial charge < -0.3 is 10.0 Å². The van der Waals surface area contributed by atoms with Crippen LogP contribution in [0.4, 0.5) is 0 Å². The van der Waals surface area contributed by atoms with E-state index < -0.39 is 16.6 Å². The van der Waals surface area contributed by atoms with Gasteiger partial charge >= 0.3 is 0 Å². The van der Waals surface area contributed by atoms with Crippen LogP contribution in [-0.4, -0.2) is 16.6 Å². The Morgan fingerprint density at radius 3 is 1.13 bits per heavy atom. The van der Waals surface area contributed by atoms with E-state index in [9.17, 15) is 0 Å². The first-order valence-corrected chi connectivity index (χ1v) is 11.4. The maximum atomic E-state index is 6.80. The smallest absolute Gasteiger partial charge is 0.203 e. The lowest BCUT2D eigenvalue weighted by Gasteiger charge is -2.51. The van der Waals surface area contributed by atoms with Crippen LogP contribution in [0.1, 0.15) is 41.5 Å². The van der Waals surface area contributed by atoms with Crippen molar-refractivity contribution in [1.82, 2.24) is 4.65 Å². The van der Waals surface area contributed by atoms with E-state index in [1.165, 1.54) is 0 Å². The SMILES string of the molecule is CC(C)(C)[Si](N)(N[Si](C)(C)C)C(C)(C)C. The second-order valence-corrected chi connectivity index (χ2v) is 17.8. The highest BCUT2D eigenvalue weighted by molar-refractivity contribution is 6.93. The summed E-state index contributed by atoms with van der Waals surface area (Å²) in [7, 11) is -3.30. The molecule has 0 unspecified atom stereocenters.